The zero-order valence-electron chi connectivity index (χ0n) is 15.9. The quantitative estimate of drug-likeness (QED) is 0.595. The lowest BCUT2D eigenvalue weighted by molar-refractivity contribution is 0.0778. The molecule has 0 aliphatic rings. The third kappa shape index (κ3) is 4.31. The first kappa shape index (κ1) is 18.6. The normalized spacial score (nSPS) is 10.6. The van der Waals surface area contributed by atoms with Crippen LogP contribution >= 0.6 is 0 Å². The average molecular weight is 361 g/mol. The van der Waals surface area contributed by atoms with Crippen molar-refractivity contribution in [2.45, 2.75) is 20.8 Å². The molecule has 138 valence electrons. The van der Waals surface area contributed by atoms with Crippen LogP contribution in [0.25, 0.3) is 22.9 Å². The van der Waals surface area contributed by atoms with Crippen molar-refractivity contribution in [2.24, 2.45) is 0 Å². The number of likely N-dealkylation sites (N-methyl/N-ethyl adjacent to an activating group) is 1. The van der Waals surface area contributed by atoms with Crippen LogP contribution in [0.3, 0.4) is 0 Å². The molecule has 1 heterocycles. The average Bonchev–Trinajstić information content (AvgIpc) is 3.16. The van der Waals surface area contributed by atoms with E-state index >= 15 is 0 Å². The van der Waals surface area contributed by atoms with E-state index < -0.39 is 0 Å². The molecular weight excluding hydrogens is 338 g/mol. The monoisotopic (exact) mass is 361 g/mol. The minimum atomic E-state index is -0.0158. The second kappa shape index (κ2) is 7.99. The lowest BCUT2D eigenvalue weighted by Gasteiger charge is -2.21. The Kier molecular flexibility index (Phi) is 5.50. The largest absolute Gasteiger partial charge is 0.416 e. The van der Waals surface area contributed by atoms with Crippen LogP contribution in [-0.2, 0) is 0 Å². The Morgan fingerprint density at radius 3 is 2.00 bits per heavy atom. The highest BCUT2D eigenvalue weighted by molar-refractivity contribution is 5.94. The van der Waals surface area contributed by atoms with Crippen molar-refractivity contribution in [1.29, 1.82) is 0 Å². The molecule has 0 radical (unpaired) electrons. The molecule has 3 rings (SSSR count). The number of amides is 1. The third-order valence-corrected chi connectivity index (χ3v) is 4.23. The molecule has 0 saturated heterocycles. The second-order valence-corrected chi connectivity index (χ2v) is 6.63. The number of hydrogen-bond donors (Lipinski definition) is 0. The number of nitrogens with zero attached hydrogens (tertiary/aromatic N) is 3. The maximum atomic E-state index is 12.6. The van der Waals surface area contributed by atoms with E-state index in [2.05, 4.69) is 16.8 Å². The topological polar surface area (TPSA) is 59.2 Å². The Hall–Kier alpha value is -3.21. The predicted molar refractivity (Wildman–Crippen MR) is 106 cm³/mol. The van der Waals surface area contributed by atoms with Crippen LogP contribution in [0.1, 0.15) is 29.8 Å². The Labute approximate surface area is 159 Å². The van der Waals surface area contributed by atoms with Gasteiger partial charge < -0.3 is 9.32 Å². The van der Waals surface area contributed by atoms with Gasteiger partial charge in [-0.15, -0.1) is 10.2 Å². The highest BCUT2D eigenvalue weighted by Gasteiger charge is 2.15. The van der Waals surface area contributed by atoms with E-state index in [4.69, 9.17) is 4.42 Å². The molecule has 27 heavy (non-hydrogen) atoms. The summed E-state index contributed by atoms with van der Waals surface area (Å²) in [4.78, 5) is 14.4. The van der Waals surface area contributed by atoms with Gasteiger partial charge in [-0.3, -0.25) is 4.79 Å². The fraction of sp³-hybridized carbons (Fsp3) is 0.227. The summed E-state index contributed by atoms with van der Waals surface area (Å²) >= 11 is 0. The Balaban J connectivity index is 1.78. The van der Waals surface area contributed by atoms with Crippen molar-refractivity contribution in [3.05, 3.63) is 71.8 Å². The van der Waals surface area contributed by atoms with Gasteiger partial charge >= 0.3 is 0 Å². The SMILES string of the molecule is C=C(C)CN(CC)C(=O)c1ccc(-c2nnc(-c3ccc(C)cc3)o2)cc1. The molecule has 3 aromatic rings. The number of carbonyl (C=O) groups excluding carboxylic acids is 1. The van der Waals surface area contributed by atoms with Gasteiger partial charge in [0.05, 0.1) is 0 Å². The number of benzene rings is 2. The summed E-state index contributed by atoms with van der Waals surface area (Å²) in [6, 6.07) is 15.1. The van der Waals surface area contributed by atoms with Gasteiger partial charge in [-0.05, 0) is 57.2 Å². The van der Waals surface area contributed by atoms with Gasteiger partial charge in [0.15, 0.2) is 0 Å². The molecule has 5 heteroatoms. The lowest BCUT2D eigenvalue weighted by atomic mass is 10.1. The maximum absolute atomic E-state index is 12.6. The first-order chi connectivity index (χ1) is 13.0. The number of rotatable bonds is 6. The highest BCUT2D eigenvalue weighted by Crippen LogP contribution is 2.24. The molecule has 0 N–H and O–H groups in total. The standard InChI is InChI=1S/C22H23N3O2/c1-5-25(14-15(2)3)22(26)19-12-10-18(11-13-19)21-24-23-20(27-21)17-8-6-16(4)7-9-17/h6-13H,2,5,14H2,1,3-4H3. The molecule has 0 spiro atoms. The van der Waals surface area contributed by atoms with E-state index in [1.54, 1.807) is 17.0 Å². The second-order valence-electron chi connectivity index (χ2n) is 6.63. The molecule has 0 saturated carbocycles. The van der Waals surface area contributed by atoms with Gasteiger partial charge in [0, 0.05) is 29.8 Å². The van der Waals surface area contributed by atoms with Crippen LogP contribution < -0.4 is 0 Å². The Morgan fingerprint density at radius 1 is 1.00 bits per heavy atom. The molecule has 0 aliphatic heterocycles. The summed E-state index contributed by atoms with van der Waals surface area (Å²) in [5.74, 6) is 0.889. The molecule has 0 fully saturated rings. The summed E-state index contributed by atoms with van der Waals surface area (Å²) in [6.07, 6.45) is 0. The van der Waals surface area contributed by atoms with Crippen molar-refractivity contribution in [3.63, 3.8) is 0 Å². The van der Waals surface area contributed by atoms with Crippen LogP contribution in [0.4, 0.5) is 0 Å². The van der Waals surface area contributed by atoms with Crippen molar-refractivity contribution in [1.82, 2.24) is 15.1 Å². The van der Waals surface area contributed by atoms with E-state index in [-0.39, 0.29) is 5.91 Å². The van der Waals surface area contributed by atoms with Crippen molar-refractivity contribution >= 4 is 5.91 Å². The van der Waals surface area contributed by atoms with Gasteiger partial charge in [-0.2, -0.15) is 0 Å². The minimum absolute atomic E-state index is 0.0158. The molecule has 0 bridgehead atoms. The number of carbonyl (C=O) groups is 1. The van der Waals surface area contributed by atoms with E-state index in [1.807, 2.05) is 57.2 Å². The zero-order chi connectivity index (χ0) is 19.4. The van der Waals surface area contributed by atoms with Gasteiger partial charge in [0.25, 0.3) is 5.91 Å². The molecule has 0 unspecified atom stereocenters. The van der Waals surface area contributed by atoms with Crippen molar-refractivity contribution < 1.29 is 9.21 Å². The van der Waals surface area contributed by atoms with Gasteiger partial charge in [0.2, 0.25) is 11.8 Å². The Morgan fingerprint density at radius 2 is 1.52 bits per heavy atom. The molecule has 5 nitrogen and oxygen atoms in total. The molecule has 2 aromatic carbocycles. The fourth-order valence-electron chi connectivity index (χ4n) is 2.74. The third-order valence-electron chi connectivity index (χ3n) is 4.23. The first-order valence-corrected chi connectivity index (χ1v) is 8.92. The van der Waals surface area contributed by atoms with Crippen molar-refractivity contribution in [3.8, 4) is 22.9 Å². The van der Waals surface area contributed by atoms with Crippen LogP contribution in [0.2, 0.25) is 0 Å². The summed E-state index contributed by atoms with van der Waals surface area (Å²) < 4.78 is 5.79. The van der Waals surface area contributed by atoms with E-state index in [9.17, 15) is 4.79 Å². The highest BCUT2D eigenvalue weighted by atomic mass is 16.4. The van der Waals surface area contributed by atoms with Gasteiger partial charge in [-0.25, -0.2) is 0 Å². The molecule has 0 atom stereocenters. The lowest BCUT2D eigenvalue weighted by Crippen LogP contribution is -2.32. The van der Waals surface area contributed by atoms with Crippen LogP contribution in [0.15, 0.2) is 65.1 Å². The molecule has 1 aromatic heterocycles. The summed E-state index contributed by atoms with van der Waals surface area (Å²) in [5.41, 5.74) is 4.41. The van der Waals surface area contributed by atoms with Gasteiger partial charge in [0.1, 0.15) is 0 Å². The Bertz CT molecular complexity index is 940. The predicted octanol–water partition coefficient (Wildman–Crippen LogP) is 4.75. The van der Waals surface area contributed by atoms with Crippen molar-refractivity contribution in [2.75, 3.05) is 13.1 Å². The molecule has 1 amide bonds. The van der Waals surface area contributed by atoms with E-state index in [0.717, 1.165) is 16.7 Å². The van der Waals surface area contributed by atoms with Gasteiger partial charge in [-0.1, -0.05) is 29.8 Å². The van der Waals surface area contributed by atoms with E-state index in [0.29, 0.717) is 30.4 Å². The molecule has 0 aliphatic carbocycles. The minimum Gasteiger partial charge on any atom is -0.416 e. The smallest absolute Gasteiger partial charge is 0.254 e. The molecular formula is C22H23N3O2. The summed E-state index contributed by atoms with van der Waals surface area (Å²) in [7, 11) is 0. The maximum Gasteiger partial charge on any atom is 0.254 e. The first-order valence-electron chi connectivity index (χ1n) is 8.92. The summed E-state index contributed by atoms with van der Waals surface area (Å²) in [5, 5.41) is 8.25. The zero-order valence-corrected chi connectivity index (χ0v) is 15.9. The van der Waals surface area contributed by atoms with E-state index in [1.165, 1.54) is 5.56 Å². The number of aryl methyl sites for hydroxylation is 1. The number of hydrogen-bond acceptors (Lipinski definition) is 4. The summed E-state index contributed by atoms with van der Waals surface area (Å²) in [6.45, 7) is 11.0. The van der Waals surface area contributed by atoms with Crippen LogP contribution in [0.5, 0.6) is 0 Å². The van der Waals surface area contributed by atoms with Crippen LogP contribution in [-0.4, -0.2) is 34.1 Å². The number of aromatic nitrogens is 2. The fourth-order valence-corrected chi connectivity index (χ4v) is 2.74. The van der Waals surface area contributed by atoms with Crippen LogP contribution in [0, 0.1) is 6.92 Å².